The van der Waals surface area contributed by atoms with Gasteiger partial charge < -0.3 is 37.5 Å². The van der Waals surface area contributed by atoms with Gasteiger partial charge in [0.1, 0.15) is 11.6 Å². The molecule has 2 aromatic carbocycles. The second kappa shape index (κ2) is 18.0. The molecule has 2 aromatic rings. The fraction of sp³-hybridized carbons (Fsp3) is 0.541. The smallest absolute Gasteiger partial charge is 0.327 e. The summed E-state index contributed by atoms with van der Waals surface area (Å²) in [6.07, 6.45) is 4.76. The van der Waals surface area contributed by atoms with Crippen LogP contribution in [0.2, 0.25) is 0 Å². The van der Waals surface area contributed by atoms with Crippen LogP contribution in [0.25, 0.3) is 0 Å². The normalized spacial score (nSPS) is 19.7. The highest BCUT2D eigenvalue weighted by atomic mass is 16.5. The fourth-order valence-corrected chi connectivity index (χ4v) is 6.41. The van der Waals surface area contributed by atoms with Crippen molar-refractivity contribution in [3.05, 3.63) is 71.8 Å². The number of esters is 1. The van der Waals surface area contributed by atoms with Gasteiger partial charge >= 0.3 is 5.97 Å². The van der Waals surface area contributed by atoms with Gasteiger partial charge in [0, 0.05) is 25.4 Å². The van der Waals surface area contributed by atoms with Crippen LogP contribution in [0, 0.1) is 11.8 Å². The van der Waals surface area contributed by atoms with Gasteiger partial charge in [0.15, 0.2) is 5.78 Å². The molecule has 1 aliphatic heterocycles. The number of likely N-dealkylation sites (tertiary alicyclic amines) is 1. The highest BCUT2D eigenvalue weighted by Gasteiger charge is 2.45. The quantitative estimate of drug-likeness (QED) is 0.108. The number of rotatable bonds is 19. The first-order chi connectivity index (χ1) is 23.5. The van der Waals surface area contributed by atoms with E-state index in [1.54, 1.807) is 0 Å². The number of nitrogens with zero attached hydrogens (tertiary/aromatic N) is 1. The van der Waals surface area contributed by atoms with Gasteiger partial charge in [-0.1, -0.05) is 73.5 Å². The van der Waals surface area contributed by atoms with E-state index < -0.39 is 41.5 Å². The molecule has 4 rings (SSSR count). The van der Waals surface area contributed by atoms with Gasteiger partial charge in [-0.2, -0.15) is 0 Å². The molecule has 1 unspecified atom stereocenters. The number of nitrogens with two attached hydrogens (primary N) is 3. The zero-order chi connectivity index (χ0) is 35.4. The van der Waals surface area contributed by atoms with Crippen molar-refractivity contribution in [3.63, 3.8) is 0 Å². The number of methoxy groups -OCH3 is 1. The molecule has 0 spiro atoms. The molecule has 2 aliphatic rings. The first-order valence-electron chi connectivity index (χ1n) is 17.4. The number of benzene rings is 2. The Morgan fingerprint density at radius 2 is 1.51 bits per heavy atom. The van der Waals surface area contributed by atoms with Crippen molar-refractivity contribution in [1.29, 1.82) is 0 Å². The predicted octanol–water partition coefficient (Wildman–Crippen LogP) is 1.38. The van der Waals surface area contributed by atoms with Crippen molar-refractivity contribution in [2.75, 3.05) is 26.7 Å². The van der Waals surface area contributed by atoms with E-state index in [0.29, 0.717) is 44.6 Å². The lowest BCUT2D eigenvalue weighted by Gasteiger charge is -2.28. The Labute approximate surface area is 288 Å². The number of nitrogens with one attached hydrogen (secondary N) is 2. The van der Waals surface area contributed by atoms with E-state index in [2.05, 4.69) is 10.6 Å². The van der Waals surface area contributed by atoms with Crippen molar-refractivity contribution in [2.45, 2.75) is 87.9 Å². The van der Waals surface area contributed by atoms with Crippen LogP contribution in [-0.4, -0.2) is 84.8 Å². The van der Waals surface area contributed by atoms with Gasteiger partial charge in [-0.25, -0.2) is 4.79 Å². The molecule has 12 heteroatoms. The summed E-state index contributed by atoms with van der Waals surface area (Å²) >= 11 is 0. The van der Waals surface area contributed by atoms with Gasteiger partial charge in [-0.15, -0.1) is 0 Å². The summed E-state index contributed by atoms with van der Waals surface area (Å²) in [7, 11) is 1.26. The van der Waals surface area contributed by atoms with Crippen molar-refractivity contribution < 1.29 is 28.7 Å². The third-order valence-corrected chi connectivity index (χ3v) is 9.52. The highest BCUT2D eigenvalue weighted by molar-refractivity contribution is 5.95. The Kier molecular flexibility index (Phi) is 13.9. The Morgan fingerprint density at radius 1 is 0.898 bits per heavy atom. The molecule has 1 saturated heterocycles. The van der Waals surface area contributed by atoms with Crippen LogP contribution in [0.1, 0.15) is 62.5 Å². The number of carbonyl (C=O) groups is 5. The minimum atomic E-state index is -1.31. The van der Waals surface area contributed by atoms with Gasteiger partial charge in [0.05, 0.1) is 19.2 Å². The van der Waals surface area contributed by atoms with Crippen molar-refractivity contribution in [3.8, 4) is 0 Å². The van der Waals surface area contributed by atoms with Crippen LogP contribution >= 0.6 is 0 Å². The van der Waals surface area contributed by atoms with Crippen LogP contribution in [0.5, 0.6) is 0 Å². The molecule has 1 saturated carbocycles. The average Bonchev–Trinajstić information content (AvgIpc) is 3.84. The van der Waals surface area contributed by atoms with Crippen LogP contribution in [-0.2, 0) is 41.6 Å². The number of amides is 3. The third-order valence-electron chi connectivity index (χ3n) is 9.52. The van der Waals surface area contributed by atoms with Crippen LogP contribution in [0.4, 0.5) is 0 Å². The van der Waals surface area contributed by atoms with Crippen LogP contribution in [0.3, 0.4) is 0 Å². The van der Waals surface area contributed by atoms with E-state index in [1.807, 2.05) is 60.7 Å². The number of ether oxygens (including phenoxy) is 1. The largest absolute Gasteiger partial charge is 0.468 e. The SMILES string of the molecule is COC(=O)C1(N)CCN(C(=O)[C@@H](CCCCN)NC(=O)[C@H](CC(=O)[C@@H](Cc2ccccc2)NC(=O)[C@H](N)Cc2ccccc2)CC2CC2)C1. The predicted molar refractivity (Wildman–Crippen MR) is 186 cm³/mol. The number of ketones is 1. The van der Waals surface area contributed by atoms with Crippen molar-refractivity contribution in [2.24, 2.45) is 29.0 Å². The molecule has 2 fully saturated rings. The Balaban J connectivity index is 1.48. The van der Waals surface area contributed by atoms with E-state index in [4.69, 9.17) is 21.9 Å². The molecule has 0 aromatic heterocycles. The third kappa shape index (κ3) is 11.2. The highest BCUT2D eigenvalue weighted by Crippen LogP contribution is 2.36. The lowest BCUT2D eigenvalue weighted by atomic mass is 9.90. The molecule has 0 bridgehead atoms. The maximum atomic E-state index is 14.0. The minimum Gasteiger partial charge on any atom is -0.468 e. The van der Waals surface area contributed by atoms with E-state index in [-0.39, 0.29) is 49.9 Å². The summed E-state index contributed by atoms with van der Waals surface area (Å²) in [6.45, 7) is 0.680. The molecular weight excluding hydrogens is 624 g/mol. The van der Waals surface area contributed by atoms with Gasteiger partial charge in [0.25, 0.3) is 0 Å². The molecule has 49 heavy (non-hydrogen) atoms. The first kappa shape index (κ1) is 37.7. The summed E-state index contributed by atoms with van der Waals surface area (Å²) < 4.78 is 4.85. The minimum absolute atomic E-state index is 0.0149. The van der Waals surface area contributed by atoms with Gasteiger partial charge in [0.2, 0.25) is 17.7 Å². The van der Waals surface area contributed by atoms with Crippen LogP contribution in [0.15, 0.2) is 60.7 Å². The Morgan fingerprint density at radius 3 is 2.10 bits per heavy atom. The summed E-state index contributed by atoms with van der Waals surface area (Å²) in [6, 6.07) is 16.2. The number of carbonyl (C=O) groups excluding carboxylic acids is 5. The zero-order valence-corrected chi connectivity index (χ0v) is 28.5. The van der Waals surface area contributed by atoms with Gasteiger partial charge in [-0.3, -0.25) is 19.2 Å². The maximum Gasteiger partial charge on any atom is 0.327 e. The average molecular weight is 677 g/mol. The molecule has 3 amide bonds. The molecule has 5 atom stereocenters. The molecule has 0 radical (unpaired) electrons. The fourth-order valence-electron chi connectivity index (χ4n) is 6.41. The summed E-state index contributed by atoms with van der Waals surface area (Å²) in [5.74, 6) is -2.41. The molecule has 1 aliphatic carbocycles. The number of unbranched alkanes of at least 4 members (excludes halogenated alkanes) is 1. The second-order valence-corrected chi connectivity index (χ2v) is 13.6. The Bertz CT molecular complexity index is 1420. The summed E-state index contributed by atoms with van der Waals surface area (Å²) in [5, 5.41) is 5.83. The van der Waals surface area contributed by atoms with Crippen molar-refractivity contribution >= 4 is 29.5 Å². The summed E-state index contributed by atoms with van der Waals surface area (Å²) in [5.41, 5.74) is 18.7. The van der Waals surface area contributed by atoms with E-state index >= 15 is 0 Å². The second-order valence-electron chi connectivity index (χ2n) is 13.6. The van der Waals surface area contributed by atoms with E-state index in [0.717, 1.165) is 24.0 Å². The number of hydrogen-bond donors (Lipinski definition) is 5. The number of Topliss-reactive ketones (excluding diaryl/α,β-unsaturated/α-hetero) is 1. The molecule has 1 heterocycles. The standard InChI is InChI=1S/C37H52N6O6/c1-49-36(48)37(40)17-19-43(24-37)35(47)30(14-8-9-18-38)41-33(45)28(20-27-15-16-27)23-32(44)31(22-26-12-6-3-7-13-26)42-34(46)29(39)21-25-10-4-2-5-11-25/h2-7,10-13,27-31H,8-9,14-24,38-40H2,1H3,(H,41,45)(H,42,46)/t28-,29+,30+,31+,37?/m0/s1. The Hall–Kier alpha value is -4.13. The molecule has 266 valence electrons. The van der Waals surface area contributed by atoms with Crippen LogP contribution < -0.4 is 27.8 Å². The summed E-state index contributed by atoms with van der Waals surface area (Å²) in [4.78, 5) is 68.7. The lowest BCUT2D eigenvalue weighted by Crippen LogP contribution is -2.54. The first-order valence-corrected chi connectivity index (χ1v) is 17.4. The van der Waals surface area contributed by atoms with E-state index in [9.17, 15) is 24.0 Å². The number of hydrogen-bond acceptors (Lipinski definition) is 9. The lowest BCUT2D eigenvalue weighted by molar-refractivity contribution is -0.147. The molecule has 8 N–H and O–H groups in total. The maximum absolute atomic E-state index is 14.0. The van der Waals surface area contributed by atoms with E-state index in [1.165, 1.54) is 12.0 Å². The molecule has 12 nitrogen and oxygen atoms in total. The van der Waals surface area contributed by atoms with Crippen molar-refractivity contribution in [1.82, 2.24) is 15.5 Å². The monoisotopic (exact) mass is 676 g/mol. The molecular formula is C37H52N6O6. The zero-order valence-electron chi connectivity index (χ0n) is 28.5. The van der Waals surface area contributed by atoms with Gasteiger partial charge in [-0.05, 0) is 68.5 Å². The topological polar surface area (TPSA) is 200 Å².